The second-order valence-corrected chi connectivity index (χ2v) is 7.28. The number of pyridine rings is 1. The molecule has 1 aliphatic rings. The smallest absolute Gasteiger partial charge is 0.434 e. The van der Waals surface area contributed by atoms with E-state index in [0.717, 1.165) is 27.9 Å². The number of hydrogen-bond acceptors (Lipinski definition) is 6. The average Bonchev–Trinajstić information content (AvgIpc) is 3.44. The van der Waals surface area contributed by atoms with Crippen molar-refractivity contribution in [1.29, 1.82) is 0 Å². The van der Waals surface area contributed by atoms with E-state index in [-0.39, 0.29) is 6.03 Å². The highest BCUT2D eigenvalue weighted by Crippen LogP contribution is 2.35. The fourth-order valence-electron chi connectivity index (χ4n) is 4.01. The van der Waals surface area contributed by atoms with Gasteiger partial charge in [0.15, 0.2) is 0 Å². The second-order valence-electron chi connectivity index (χ2n) is 7.28. The summed E-state index contributed by atoms with van der Waals surface area (Å²) in [5, 5.41) is 9.38. The summed E-state index contributed by atoms with van der Waals surface area (Å²) in [7, 11) is 1.29. The highest BCUT2D eigenvalue weighted by atomic mass is 16.5. The Bertz CT molecular complexity index is 1320. The maximum Gasteiger partial charge on any atom is 0.434 e. The number of benzene rings is 2. The summed E-state index contributed by atoms with van der Waals surface area (Å²) in [5.41, 5.74) is 8.28. The highest BCUT2D eigenvalue weighted by molar-refractivity contribution is 6.02. The van der Waals surface area contributed by atoms with Gasteiger partial charge in [0.2, 0.25) is 0 Å². The molecule has 0 bridgehead atoms. The average molecular weight is 428 g/mol. The lowest BCUT2D eigenvalue weighted by Crippen LogP contribution is -2.43. The summed E-state index contributed by atoms with van der Waals surface area (Å²) >= 11 is 0. The molecule has 2 aromatic carbocycles. The van der Waals surface area contributed by atoms with Crippen molar-refractivity contribution in [3.63, 3.8) is 0 Å². The number of methoxy groups -OCH3 is 1. The Morgan fingerprint density at radius 3 is 2.75 bits per heavy atom. The lowest BCUT2D eigenvalue weighted by atomic mass is 9.99. The van der Waals surface area contributed by atoms with Crippen LogP contribution in [0, 0.1) is 0 Å². The van der Waals surface area contributed by atoms with Crippen LogP contribution in [0.2, 0.25) is 0 Å². The van der Waals surface area contributed by atoms with Gasteiger partial charge in [-0.15, -0.1) is 0 Å². The normalized spacial score (nSPS) is 12.5. The third-order valence-corrected chi connectivity index (χ3v) is 5.45. The maximum atomic E-state index is 12.8. The molecular weight excluding hydrogens is 408 g/mol. The third kappa shape index (κ3) is 3.39. The number of nitrogens with zero attached hydrogens (tertiary/aromatic N) is 4. The zero-order valence-electron chi connectivity index (χ0n) is 17.3. The Kier molecular flexibility index (Phi) is 4.91. The molecule has 0 aliphatic carbocycles. The van der Waals surface area contributed by atoms with Crippen molar-refractivity contribution in [3.05, 3.63) is 72.7 Å². The zero-order valence-corrected chi connectivity index (χ0v) is 17.3. The van der Waals surface area contributed by atoms with Crippen LogP contribution >= 0.6 is 0 Å². The molecule has 160 valence electrons. The SMILES string of the molecule is COC(=O)n1ncc2c(NC(=O)NN3CCc4c(-c5cccnc5)cccc43)cccc21. The first-order chi connectivity index (χ1) is 15.7. The van der Waals surface area contributed by atoms with Crippen molar-refractivity contribution in [2.75, 3.05) is 24.0 Å². The van der Waals surface area contributed by atoms with Crippen LogP contribution in [0.3, 0.4) is 0 Å². The van der Waals surface area contributed by atoms with Gasteiger partial charge in [-0.3, -0.25) is 9.99 Å². The molecule has 0 fully saturated rings. The fourth-order valence-corrected chi connectivity index (χ4v) is 4.01. The van der Waals surface area contributed by atoms with Gasteiger partial charge in [-0.1, -0.05) is 24.3 Å². The molecule has 0 unspecified atom stereocenters. The molecule has 9 heteroatoms. The van der Waals surface area contributed by atoms with Crippen LogP contribution in [-0.4, -0.2) is 40.5 Å². The summed E-state index contributed by atoms with van der Waals surface area (Å²) in [6.45, 7) is 0.657. The Labute approximate surface area is 183 Å². The van der Waals surface area contributed by atoms with E-state index in [1.807, 2.05) is 35.5 Å². The Morgan fingerprint density at radius 2 is 1.94 bits per heavy atom. The van der Waals surface area contributed by atoms with Crippen molar-refractivity contribution in [1.82, 2.24) is 20.2 Å². The number of carbonyl (C=O) groups excluding carboxylic acids is 2. The standard InChI is InChI=1S/C23H20N6O3/c1-32-23(31)29-21-9-3-7-19(18(21)14-25-29)26-22(30)27-28-12-10-17-16(6-2-8-20(17)28)15-5-4-11-24-13-15/h2-9,11,13-14H,10,12H2,1H3,(H2,26,27,30). The summed E-state index contributed by atoms with van der Waals surface area (Å²) in [4.78, 5) is 28.9. The zero-order chi connectivity index (χ0) is 22.1. The lowest BCUT2D eigenvalue weighted by Gasteiger charge is -2.21. The number of hydrazine groups is 1. The quantitative estimate of drug-likeness (QED) is 0.515. The van der Waals surface area contributed by atoms with E-state index >= 15 is 0 Å². The molecule has 2 aromatic heterocycles. The fraction of sp³-hybridized carbons (Fsp3) is 0.130. The number of fused-ring (bicyclic) bond motifs is 2. The van der Waals surface area contributed by atoms with Gasteiger partial charge in [-0.05, 0) is 41.8 Å². The predicted octanol–water partition coefficient (Wildman–Crippen LogP) is 3.81. The van der Waals surface area contributed by atoms with Crippen LogP contribution in [0.15, 0.2) is 67.1 Å². The van der Waals surface area contributed by atoms with E-state index in [4.69, 9.17) is 4.74 Å². The van der Waals surface area contributed by atoms with E-state index in [1.165, 1.54) is 18.9 Å². The van der Waals surface area contributed by atoms with Crippen molar-refractivity contribution in [2.45, 2.75) is 6.42 Å². The van der Waals surface area contributed by atoms with E-state index in [1.54, 1.807) is 24.4 Å². The van der Waals surface area contributed by atoms with Crippen LogP contribution in [0.25, 0.3) is 22.0 Å². The highest BCUT2D eigenvalue weighted by Gasteiger charge is 2.24. The molecule has 4 aromatic rings. The Morgan fingerprint density at radius 1 is 1.06 bits per heavy atom. The molecule has 2 N–H and O–H groups in total. The van der Waals surface area contributed by atoms with Gasteiger partial charge in [0.05, 0.1) is 30.2 Å². The number of rotatable bonds is 3. The number of urea groups is 1. The predicted molar refractivity (Wildman–Crippen MR) is 120 cm³/mol. The molecule has 0 saturated carbocycles. The van der Waals surface area contributed by atoms with Gasteiger partial charge < -0.3 is 10.1 Å². The molecule has 32 heavy (non-hydrogen) atoms. The number of anilines is 2. The van der Waals surface area contributed by atoms with Gasteiger partial charge in [0.1, 0.15) is 0 Å². The molecule has 3 heterocycles. The summed E-state index contributed by atoms with van der Waals surface area (Å²) in [6, 6.07) is 14.8. The molecular formula is C23H20N6O3. The number of carbonyl (C=O) groups is 2. The van der Waals surface area contributed by atoms with Gasteiger partial charge >= 0.3 is 12.1 Å². The summed E-state index contributed by atoms with van der Waals surface area (Å²) < 4.78 is 5.89. The minimum Gasteiger partial charge on any atom is -0.451 e. The largest absolute Gasteiger partial charge is 0.451 e. The van der Waals surface area contributed by atoms with Crippen molar-refractivity contribution < 1.29 is 14.3 Å². The monoisotopic (exact) mass is 428 g/mol. The number of aromatic nitrogens is 3. The number of hydrogen-bond donors (Lipinski definition) is 2. The maximum absolute atomic E-state index is 12.8. The van der Waals surface area contributed by atoms with Crippen molar-refractivity contribution in [3.8, 4) is 11.1 Å². The van der Waals surface area contributed by atoms with Crippen LogP contribution in [0.5, 0.6) is 0 Å². The summed E-state index contributed by atoms with van der Waals surface area (Å²) in [5.74, 6) is 0. The van der Waals surface area contributed by atoms with E-state index < -0.39 is 6.09 Å². The number of amides is 2. The minimum absolute atomic E-state index is 0.386. The number of nitrogens with one attached hydrogen (secondary N) is 2. The molecule has 1 aliphatic heterocycles. The first kappa shape index (κ1) is 19.6. The molecule has 0 saturated heterocycles. The van der Waals surface area contributed by atoms with E-state index in [0.29, 0.717) is 23.1 Å². The topological polar surface area (TPSA) is 101 Å². The Balaban J connectivity index is 1.36. The van der Waals surface area contributed by atoms with Gasteiger partial charge in [0.25, 0.3) is 0 Å². The number of ether oxygens (including phenoxy) is 1. The second kappa shape index (κ2) is 8.03. The van der Waals surface area contributed by atoms with Gasteiger partial charge in [0, 0.05) is 29.9 Å². The van der Waals surface area contributed by atoms with Crippen LogP contribution < -0.4 is 15.8 Å². The summed E-state index contributed by atoms with van der Waals surface area (Å²) in [6.07, 6.45) is 5.32. The Hall–Kier alpha value is -4.40. The lowest BCUT2D eigenvalue weighted by molar-refractivity contribution is 0.170. The first-order valence-corrected chi connectivity index (χ1v) is 10.1. The van der Waals surface area contributed by atoms with Crippen molar-refractivity contribution >= 4 is 34.4 Å². The van der Waals surface area contributed by atoms with Gasteiger partial charge in [-0.2, -0.15) is 9.78 Å². The third-order valence-electron chi connectivity index (χ3n) is 5.45. The molecule has 0 radical (unpaired) electrons. The molecule has 0 atom stereocenters. The van der Waals surface area contributed by atoms with E-state index in [9.17, 15) is 9.59 Å². The van der Waals surface area contributed by atoms with E-state index in [2.05, 4.69) is 26.9 Å². The molecule has 0 spiro atoms. The van der Waals surface area contributed by atoms with Gasteiger partial charge in [-0.25, -0.2) is 15.0 Å². The molecule has 5 rings (SSSR count). The van der Waals surface area contributed by atoms with Crippen LogP contribution in [0.1, 0.15) is 5.56 Å². The minimum atomic E-state index is -0.598. The molecule has 2 amide bonds. The molecule has 9 nitrogen and oxygen atoms in total. The first-order valence-electron chi connectivity index (χ1n) is 10.1. The van der Waals surface area contributed by atoms with Crippen LogP contribution in [0.4, 0.5) is 21.0 Å². The van der Waals surface area contributed by atoms with Crippen LogP contribution in [-0.2, 0) is 11.2 Å². The van der Waals surface area contributed by atoms with Crippen molar-refractivity contribution in [2.24, 2.45) is 0 Å².